The molecule has 0 saturated carbocycles. The largest absolute Gasteiger partial charge is 0.369 e. The Balaban J connectivity index is 1.95. The van der Waals surface area contributed by atoms with Gasteiger partial charge in [0, 0.05) is 12.2 Å². The van der Waals surface area contributed by atoms with Crippen molar-refractivity contribution in [2.45, 2.75) is 25.8 Å². The molecule has 1 aliphatic heterocycles. The van der Waals surface area contributed by atoms with Crippen molar-refractivity contribution in [3.05, 3.63) is 30.1 Å². The summed E-state index contributed by atoms with van der Waals surface area (Å²) in [6.45, 7) is 3.07. The Hall–Kier alpha value is -1.95. The molecule has 0 bridgehead atoms. The average molecular weight is 293 g/mol. The first-order valence-corrected chi connectivity index (χ1v) is 7.07. The molecule has 1 aliphatic rings. The van der Waals surface area contributed by atoms with E-state index in [1.165, 1.54) is 24.3 Å². The van der Waals surface area contributed by atoms with Gasteiger partial charge in [-0.25, -0.2) is 4.39 Å². The van der Waals surface area contributed by atoms with Gasteiger partial charge in [-0.3, -0.25) is 14.5 Å². The number of anilines is 1. The van der Waals surface area contributed by atoms with E-state index in [-0.39, 0.29) is 29.6 Å². The molecule has 1 heterocycles. The van der Waals surface area contributed by atoms with Crippen molar-refractivity contribution in [2.75, 3.05) is 18.4 Å². The molecule has 0 unspecified atom stereocenters. The summed E-state index contributed by atoms with van der Waals surface area (Å²) in [5.41, 5.74) is 5.89. The quantitative estimate of drug-likeness (QED) is 0.880. The predicted molar refractivity (Wildman–Crippen MR) is 78.0 cm³/mol. The molecule has 0 radical (unpaired) electrons. The molecule has 3 N–H and O–H groups in total. The molecule has 1 aromatic rings. The Morgan fingerprint density at radius 1 is 1.38 bits per heavy atom. The Kier molecular flexibility index (Phi) is 4.90. The number of likely N-dealkylation sites (tertiary alicyclic amines) is 1. The number of hydrogen-bond acceptors (Lipinski definition) is 3. The highest BCUT2D eigenvalue weighted by Gasteiger charge is 2.29. The maximum atomic E-state index is 12.8. The molecule has 0 spiro atoms. The molecule has 1 saturated heterocycles. The minimum atomic E-state index is -0.364. The van der Waals surface area contributed by atoms with Gasteiger partial charge in [-0.1, -0.05) is 0 Å². The average Bonchev–Trinajstić information content (AvgIpc) is 2.49. The van der Waals surface area contributed by atoms with E-state index < -0.39 is 0 Å². The van der Waals surface area contributed by atoms with E-state index in [4.69, 9.17) is 5.73 Å². The number of nitrogens with one attached hydrogen (secondary N) is 1. The first kappa shape index (κ1) is 15.4. The van der Waals surface area contributed by atoms with Crippen molar-refractivity contribution < 1.29 is 14.0 Å². The molecule has 0 aromatic heterocycles. The van der Waals surface area contributed by atoms with Crippen LogP contribution >= 0.6 is 0 Å². The first-order chi connectivity index (χ1) is 9.97. The number of carbonyl (C=O) groups is 2. The van der Waals surface area contributed by atoms with Gasteiger partial charge in [0.25, 0.3) is 0 Å². The molecule has 21 heavy (non-hydrogen) atoms. The lowest BCUT2D eigenvalue weighted by atomic mass is 9.96. The molecule has 5 nitrogen and oxygen atoms in total. The van der Waals surface area contributed by atoms with Crippen molar-refractivity contribution in [1.29, 1.82) is 0 Å². The number of carbonyl (C=O) groups excluding carboxylic acids is 2. The molecule has 2 atom stereocenters. The highest BCUT2D eigenvalue weighted by molar-refractivity contribution is 5.94. The van der Waals surface area contributed by atoms with Crippen LogP contribution in [0.3, 0.4) is 0 Å². The van der Waals surface area contributed by atoms with Gasteiger partial charge in [-0.15, -0.1) is 0 Å². The fourth-order valence-corrected chi connectivity index (χ4v) is 2.54. The van der Waals surface area contributed by atoms with Crippen LogP contribution in [0.25, 0.3) is 0 Å². The van der Waals surface area contributed by atoms with Crippen LogP contribution in [-0.4, -0.2) is 35.8 Å². The number of hydrogen-bond donors (Lipinski definition) is 2. The maximum absolute atomic E-state index is 12.8. The zero-order chi connectivity index (χ0) is 15.4. The lowest BCUT2D eigenvalue weighted by Crippen LogP contribution is -2.49. The summed E-state index contributed by atoms with van der Waals surface area (Å²) in [6, 6.07) is 5.26. The zero-order valence-electron chi connectivity index (χ0n) is 12.0. The number of piperidine rings is 1. The highest BCUT2D eigenvalue weighted by Crippen LogP contribution is 2.19. The number of nitrogens with zero attached hydrogens (tertiary/aromatic N) is 1. The van der Waals surface area contributed by atoms with Crippen molar-refractivity contribution in [1.82, 2.24) is 4.90 Å². The molecule has 1 aromatic carbocycles. The van der Waals surface area contributed by atoms with Crippen LogP contribution in [0, 0.1) is 11.7 Å². The molecule has 0 aliphatic carbocycles. The van der Waals surface area contributed by atoms with Gasteiger partial charge in [0.05, 0.1) is 12.0 Å². The van der Waals surface area contributed by atoms with Crippen LogP contribution in [0.1, 0.15) is 19.8 Å². The van der Waals surface area contributed by atoms with Gasteiger partial charge in [0.15, 0.2) is 0 Å². The standard InChI is InChI=1S/C15H20FN3O2/c1-10(19-8-2-3-11(9-19)14(17)20)15(21)18-13-6-4-12(16)5-7-13/h4-7,10-11H,2-3,8-9H2,1H3,(H2,17,20)(H,18,21)/t10-,11-/m0/s1. The summed E-state index contributed by atoms with van der Waals surface area (Å²) in [4.78, 5) is 25.4. The van der Waals surface area contributed by atoms with E-state index in [1.807, 2.05) is 4.90 Å². The maximum Gasteiger partial charge on any atom is 0.241 e. The number of rotatable bonds is 4. The Bertz CT molecular complexity index is 518. The number of amides is 2. The molecule has 114 valence electrons. The number of primary amides is 1. The first-order valence-electron chi connectivity index (χ1n) is 7.07. The normalized spacial score (nSPS) is 20.8. The number of halogens is 1. The van der Waals surface area contributed by atoms with Crippen LogP contribution in [0.5, 0.6) is 0 Å². The third-order valence-electron chi connectivity index (χ3n) is 3.89. The summed E-state index contributed by atoms with van der Waals surface area (Å²) >= 11 is 0. The molecular formula is C15H20FN3O2. The van der Waals surface area contributed by atoms with Crippen LogP contribution in [0.2, 0.25) is 0 Å². The van der Waals surface area contributed by atoms with Crippen molar-refractivity contribution in [2.24, 2.45) is 11.7 Å². The van der Waals surface area contributed by atoms with Crippen LogP contribution in [-0.2, 0) is 9.59 Å². The lowest BCUT2D eigenvalue weighted by molar-refractivity contribution is -0.127. The van der Waals surface area contributed by atoms with E-state index in [1.54, 1.807) is 6.92 Å². The monoisotopic (exact) mass is 293 g/mol. The summed E-state index contributed by atoms with van der Waals surface area (Å²) in [5, 5.41) is 2.75. The van der Waals surface area contributed by atoms with Crippen molar-refractivity contribution in [3.63, 3.8) is 0 Å². The van der Waals surface area contributed by atoms with Gasteiger partial charge in [-0.2, -0.15) is 0 Å². The third kappa shape index (κ3) is 4.01. The summed E-state index contributed by atoms with van der Waals surface area (Å²) < 4.78 is 12.8. The molecule has 2 amide bonds. The van der Waals surface area contributed by atoms with E-state index in [0.29, 0.717) is 12.2 Å². The summed E-state index contributed by atoms with van der Waals surface area (Å²) in [6.07, 6.45) is 1.62. The Morgan fingerprint density at radius 3 is 2.67 bits per heavy atom. The van der Waals surface area contributed by atoms with Gasteiger partial charge < -0.3 is 11.1 Å². The molecular weight excluding hydrogens is 273 g/mol. The fourth-order valence-electron chi connectivity index (χ4n) is 2.54. The Labute approximate surface area is 123 Å². The zero-order valence-corrected chi connectivity index (χ0v) is 12.0. The Morgan fingerprint density at radius 2 is 2.05 bits per heavy atom. The topological polar surface area (TPSA) is 75.4 Å². The highest BCUT2D eigenvalue weighted by atomic mass is 19.1. The van der Waals surface area contributed by atoms with Crippen LogP contribution in [0.4, 0.5) is 10.1 Å². The van der Waals surface area contributed by atoms with Gasteiger partial charge in [0.2, 0.25) is 11.8 Å². The summed E-state index contributed by atoms with van der Waals surface area (Å²) in [5.74, 6) is -1.03. The van der Waals surface area contributed by atoms with E-state index in [0.717, 1.165) is 19.4 Å². The van der Waals surface area contributed by atoms with E-state index in [2.05, 4.69) is 5.32 Å². The van der Waals surface area contributed by atoms with Gasteiger partial charge >= 0.3 is 0 Å². The van der Waals surface area contributed by atoms with Crippen LogP contribution in [0.15, 0.2) is 24.3 Å². The second-order valence-corrected chi connectivity index (χ2v) is 5.41. The fraction of sp³-hybridized carbons (Fsp3) is 0.467. The smallest absolute Gasteiger partial charge is 0.241 e. The van der Waals surface area contributed by atoms with Crippen LogP contribution < -0.4 is 11.1 Å². The summed E-state index contributed by atoms with van der Waals surface area (Å²) in [7, 11) is 0. The predicted octanol–water partition coefficient (Wildman–Crippen LogP) is 1.35. The SMILES string of the molecule is C[C@@H](C(=O)Nc1ccc(F)cc1)N1CCC[C@H](C(N)=O)C1. The molecule has 6 heteroatoms. The van der Waals surface area contributed by atoms with E-state index >= 15 is 0 Å². The van der Waals surface area contributed by atoms with Gasteiger partial charge in [-0.05, 0) is 50.6 Å². The van der Waals surface area contributed by atoms with Crippen molar-refractivity contribution >= 4 is 17.5 Å². The lowest BCUT2D eigenvalue weighted by Gasteiger charge is -2.34. The number of nitrogens with two attached hydrogens (primary N) is 1. The third-order valence-corrected chi connectivity index (χ3v) is 3.89. The molecule has 2 rings (SSSR count). The second kappa shape index (κ2) is 6.67. The minimum Gasteiger partial charge on any atom is -0.369 e. The second-order valence-electron chi connectivity index (χ2n) is 5.41. The molecule has 1 fully saturated rings. The van der Waals surface area contributed by atoms with E-state index in [9.17, 15) is 14.0 Å². The number of benzene rings is 1. The van der Waals surface area contributed by atoms with Gasteiger partial charge in [0.1, 0.15) is 5.82 Å². The minimum absolute atomic E-state index is 0.174. The van der Waals surface area contributed by atoms with Crippen molar-refractivity contribution in [3.8, 4) is 0 Å².